The minimum absolute atomic E-state index is 0.865. The number of hydrogen-bond donors (Lipinski definition) is 1. The van der Waals surface area contributed by atoms with Gasteiger partial charge >= 0.3 is 0 Å². The van der Waals surface area contributed by atoms with E-state index in [0.29, 0.717) is 0 Å². The number of rotatable bonds is 12. The summed E-state index contributed by atoms with van der Waals surface area (Å²) in [6, 6.07) is 2.00. The van der Waals surface area contributed by atoms with Crippen LogP contribution >= 0.6 is 22.9 Å². The first kappa shape index (κ1) is 17.8. The van der Waals surface area contributed by atoms with Gasteiger partial charge in [0.15, 0.2) is 0 Å². The molecule has 1 aromatic heterocycles. The fourth-order valence-electron chi connectivity index (χ4n) is 2.49. The predicted molar refractivity (Wildman–Crippen MR) is 94.2 cm³/mol. The number of unbranched alkanes of at least 4 members (excludes halogenated alkanes) is 5. The number of thiophene rings is 1. The number of nitrogens with one attached hydrogen (secondary N) is 1. The van der Waals surface area contributed by atoms with Crippen LogP contribution in [0.1, 0.15) is 71.6 Å². The van der Waals surface area contributed by atoms with E-state index in [-0.39, 0.29) is 0 Å². The lowest BCUT2D eigenvalue weighted by Crippen LogP contribution is -2.00. The van der Waals surface area contributed by atoms with E-state index in [4.69, 9.17) is 11.6 Å². The summed E-state index contributed by atoms with van der Waals surface area (Å²) < 4.78 is 0.865. The van der Waals surface area contributed by atoms with Crippen molar-refractivity contribution in [2.75, 3.05) is 11.9 Å². The monoisotopic (exact) mass is 315 g/mol. The third kappa shape index (κ3) is 8.86. The van der Waals surface area contributed by atoms with Crippen molar-refractivity contribution in [3.63, 3.8) is 0 Å². The molecule has 0 aliphatic rings. The molecular formula is C17H30ClNS. The molecule has 0 spiro atoms. The van der Waals surface area contributed by atoms with Gasteiger partial charge < -0.3 is 5.32 Å². The van der Waals surface area contributed by atoms with Gasteiger partial charge in [-0.15, -0.1) is 11.3 Å². The second-order valence-corrected chi connectivity index (χ2v) is 7.41. The van der Waals surface area contributed by atoms with E-state index in [1.54, 1.807) is 11.3 Å². The Labute approximate surface area is 134 Å². The van der Waals surface area contributed by atoms with E-state index in [9.17, 15) is 0 Å². The van der Waals surface area contributed by atoms with Crippen molar-refractivity contribution in [3.05, 3.63) is 15.8 Å². The normalized spacial score (nSPS) is 12.6. The quantitative estimate of drug-likeness (QED) is 0.410. The van der Waals surface area contributed by atoms with Crippen molar-refractivity contribution in [1.82, 2.24) is 0 Å². The molecule has 0 radical (unpaired) electrons. The Hall–Kier alpha value is -0.210. The maximum atomic E-state index is 5.90. The van der Waals surface area contributed by atoms with Crippen molar-refractivity contribution < 1.29 is 0 Å². The van der Waals surface area contributed by atoms with Crippen molar-refractivity contribution in [3.8, 4) is 0 Å². The summed E-state index contributed by atoms with van der Waals surface area (Å²) >= 11 is 7.49. The summed E-state index contributed by atoms with van der Waals surface area (Å²) in [5, 5.41) is 5.51. The lowest BCUT2D eigenvalue weighted by atomic mass is 9.97. The predicted octanol–water partition coefficient (Wildman–Crippen LogP) is 6.98. The lowest BCUT2D eigenvalue weighted by Gasteiger charge is -2.10. The average Bonchev–Trinajstić information content (AvgIpc) is 2.84. The second-order valence-electron chi connectivity index (χ2n) is 5.87. The number of halogens is 1. The molecule has 3 heteroatoms. The van der Waals surface area contributed by atoms with E-state index in [1.165, 1.54) is 63.5 Å². The average molecular weight is 316 g/mol. The highest BCUT2D eigenvalue weighted by atomic mass is 35.5. The first-order valence-corrected chi connectivity index (χ1v) is 9.46. The molecule has 0 amide bonds. The minimum Gasteiger partial charge on any atom is -0.384 e. The van der Waals surface area contributed by atoms with Gasteiger partial charge in [-0.05, 0) is 18.4 Å². The molecule has 0 bridgehead atoms. The van der Waals surface area contributed by atoms with E-state index in [1.807, 2.05) is 6.07 Å². The molecule has 0 aliphatic heterocycles. The van der Waals surface area contributed by atoms with Crippen LogP contribution in [0.5, 0.6) is 0 Å². The molecule has 0 fully saturated rings. The summed E-state index contributed by atoms with van der Waals surface area (Å²) in [6.45, 7) is 5.76. The van der Waals surface area contributed by atoms with Crippen molar-refractivity contribution in [2.24, 2.45) is 5.92 Å². The molecule has 1 N–H and O–H groups in total. The topological polar surface area (TPSA) is 12.0 Å². The maximum Gasteiger partial charge on any atom is 0.0949 e. The van der Waals surface area contributed by atoms with E-state index in [0.717, 1.165) is 16.8 Å². The Balaban J connectivity index is 1.87. The fraction of sp³-hybridized carbons (Fsp3) is 0.765. The van der Waals surface area contributed by atoms with Crippen LogP contribution in [-0.4, -0.2) is 6.54 Å². The van der Waals surface area contributed by atoms with Crippen LogP contribution in [0.25, 0.3) is 0 Å². The molecular weight excluding hydrogens is 286 g/mol. The Kier molecular flexibility index (Phi) is 10.2. The molecule has 1 nitrogen and oxygen atoms in total. The van der Waals surface area contributed by atoms with Gasteiger partial charge in [-0.2, -0.15) is 0 Å². The first-order chi connectivity index (χ1) is 9.72. The van der Waals surface area contributed by atoms with E-state index >= 15 is 0 Å². The van der Waals surface area contributed by atoms with Crippen molar-refractivity contribution >= 4 is 28.6 Å². The van der Waals surface area contributed by atoms with Crippen LogP contribution in [0.15, 0.2) is 11.4 Å². The van der Waals surface area contributed by atoms with Gasteiger partial charge in [0.2, 0.25) is 0 Å². The van der Waals surface area contributed by atoms with E-state index < -0.39 is 0 Å². The molecule has 0 aromatic carbocycles. The SMILES string of the molecule is CCCCCC(C)CCCCCCNc1csc(Cl)c1. The zero-order valence-electron chi connectivity index (χ0n) is 13.1. The van der Waals surface area contributed by atoms with Crippen LogP contribution in [0, 0.1) is 5.92 Å². The van der Waals surface area contributed by atoms with Gasteiger partial charge in [-0.1, -0.05) is 76.8 Å². The summed E-state index contributed by atoms with van der Waals surface area (Å²) in [5.74, 6) is 0.924. The largest absolute Gasteiger partial charge is 0.384 e. The first-order valence-electron chi connectivity index (χ1n) is 8.20. The second kappa shape index (κ2) is 11.4. The molecule has 0 saturated carbocycles. The highest BCUT2D eigenvalue weighted by molar-refractivity contribution is 7.14. The Morgan fingerprint density at radius 3 is 2.45 bits per heavy atom. The molecule has 0 saturated heterocycles. The zero-order valence-corrected chi connectivity index (χ0v) is 14.7. The molecule has 0 aliphatic carbocycles. The van der Waals surface area contributed by atoms with Crippen LogP contribution in [0.3, 0.4) is 0 Å². The van der Waals surface area contributed by atoms with Gasteiger partial charge in [-0.25, -0.2) is 0 Å². The molecule has 1 rings (SSSR count). The van der Waals surface area contributed by atoms with Gasteiger partial charge in [0.05, 0.1) is 4.34 Å². The summed E-state index contributed by atoms with van der Waals surface area (Å²) in [7, 11) is 0. The standard InChI is InChI=1S/C17H30ClNS/c1-3-4-7-10-15(2)11-8-5-6-9-12-19-16-13-17(18)20-14-16/h13-15,19H,3-12H2,1-2H3. The van der Waals surface area contributed by atoms with Gasteiger partial charge in [-0.3, -0.25) is 0 Å². The molecule has 1 unspecified atom stereocenters. The fourth-order valence-corrected chi connectivity index (χ4v) is 3.33. The highest BCUT2D eigenvalue weighted by Gasteiger charge is 2.01. The third-order valence-electron chi connectivity index (χ3n) is 3.82. The van der Waals surface area contributed by atoms with Gasteiger partial charge in [0.25, 0.3) is 0 Å². The van der Waals surface area contributed by atoms with Crippen LogP contribution < -0.4 is 5.32 Å². The molecule has 1 aromatic rings. The molecule has 1 heterocycles. The minimum atomic E-state index is 0.865. The van der Waals surface area contributed by atoms with Crippen LogP contribution in [0.2, 0.25) is 4.34 Å². The van der Waals surface area contributed by atoms with Crippen molar-refractivity contribution in [2.45, 2.75) is 71.6 Å². The lowest BCUT2D eigenvalue weighted by molar-refractivity contribution is 0.439. The van der Waals surface area contributed by atoms with Gasteiger partial charge in [0, 0.05) is 17.6 Å². The third-order valence-corrected chi connectivity index (χ3v) is 4.91. The Morgan fingerprint density at radius 1 is 1.10 bits per heavy atom. The summed E-state index contributed by atoms with van der Waals surface area (Å²) in [6.07, 6.45) is 12.4. The maximum absolute atomic E-state index is 5.90. The number of anilines is 1. The molecule has 20 heavy (non-hydrogen) atoms. The van der Waals surface area contributed by atoms with Crippen LogP contribution in [0.4, 0.5) is 5.69 Å². The highest BCUT2D eigenvalue weighted by Crippen LogP contribution is 2.23. The summed E-state index contributed by atoms with van der Waals surface area (Å²) in [5.41, 5.74) is 1.17. The van der Waals surface area contributed by atoms with Crippen LogP contribution in [-0.2, 0) is 0 Å². The smallest absolute Gasteiger partial charge is 0.0949 e. The summed E-state index contributed by atoms with van der Waals surface area (Å²) in [4.78, 5) is 0. The Morgan fingerprint density at radius 2 is 1.80 bits per heavy atom. The molecule has 1 atom stereocenters. The zero-order chi connectivity index (χ0) is 14.6. The molecule has 116 valence electrons. The van der Waals surface area contributed by atoms with Crippen molar-refractivity contribution in [1.29, 1.82) is 0 Å². The Bertz CT molecular complexity index is 337. The number of hydrogen-bond acceptors (Lipinski definition) is 2. The van der Waals surface area contributed by atoms with E-state index in [2.05, 4.69) is 24.5 Å². The van der Waals surface area contributed by atoms with Gasteiger partial charge in [0.1, 0.15) is 0 Å².